The highest BCUT2D eigenvalue weighted by Gasteiger charge is 2.25. The Hall–Kier alpha value is -2.34. The molecule has 0 saturated carbocycles. The molecule has 1 fully saturated rings. The largest absolute Gasteiger partial charge is 0.458 e. The van der Waals surface area contributed by atoms with Crippen LogP contribution in [0.25, 0.3) is 0 Å². The molecule has 2 amide bonds. The van der Waals surface area contributed by atoms with E-state index in [-0.39, 0.29) is 18.1 Å². The van der Waals surface area contributed by atoms with E-state index in [0.29, 0.717) is 18.1 Å². The van der Waals surface area contributed by atoms with Crippen molar-refractivity contribution in [2.24, 2.45) is 0 Å². The van der Waals surface area contributed by atoms with E-state index in [2.05, 4.69) is 15.3 Å². The van der Waals surface area contributed by atoms with Gasteiger partial charge in [0.05, 0.1) is 24.0 Å². The van der Waals surface area contributed by atoms with Gasteiger partial charge in [-0.25, -0.2) is 14.8 Å². The summed E-state index contributed by atoms with van der Waals surface area (Å²) in [6.07, 6.45) is 4.60. The van der Waals surface area contributed by atoms with Gasteiger partial charge in [0, 0.05) is 12.2 Å². The monoisotopic (exact) mass is 346 g/mol. The lowest BCUT2D eigenvalue weighted by Gasteiger charge is -2.32. The normalized spacial score (nSPS) is 17.4. The number of anilines is 1. The number of benzene rings is 1. The quantitative estimate of drug-likeness (QED) is 0.923. The lowest BCUT2D eigenvalue weighted by atomic mass is 10.1. The Kier molecular flexibility index (Phi) is 5.15. The van der Waals surface area contributed by atoms with Gasteiger partial charge in [-0.05, 0) is 31.9 Å². The Morgan fingerprint density at radius 2 is 2.00 bits per heavy atom. The number of aryl methyl sites for hydroxylation is 1. The van der Waals surface area contributed by atoms with Crippen molar-refractivity contribution in [3.8, 4) is 6.01 Å². The van der Waals surface area contributed by atoms with Crippen LogP contribution in [0.2, 0.25) is 5.02 Å². The number of amides is 2. The number of hydrogen-bond donors (Lipinski definition) is 1. The zero-order valence-electron chi connectivity index (χ0n) is 13.4. The Labute approximate surface area is 145 Å². The van der Waals surface area contributed by atoms with Crippen molar-refractivity contribution < 1.29 is 9.53 Å². The van der Waals surface area contributed by atoms with Crippen LogP contribution in [0.3, 0.4) is 0 Å². The maximum absolute atomic E-state index is 12.4. The van der Waals surface area contributed by atoms with Crippen molar-refractivity contribution in [2.75, 3.05) is 18.4 Å². The molecule has 0 unspecified atom stereocenters. The van der Waals surface area contributed by atoms with E-state index in [0.717, 1.165) is 24.1 Å². The molecule has 3 rings (SSSR count). The van der Waals surface area contributed by atoms with Gasteiger partial charge in [0.1, 0.15) is 6.10 Å². The highest BCUT2D eigenvalue weighted by Crippen LogP contribution is 2.17. The maximum atomic E-state index is 12.4. The number of ether oxygens (including phenoxy) is 1. The molecule has 0 bridgehead atoms. The number of hydrogen-bond acceptors (Lipinski definition) is 4. The number of likely N-dealkylation sites (tertiary alicyclic amines) is 1. The molecule has 1 saturated heterocycles. The first-order chi connectivity index (χ1) is 11.6. The number of rotatable bonds is 3. The second-order valence-corrected chi connectivity index (χ2v) is 6.24. The molecule has 24 heavy (non-hydrogen) atoms. The molecule has 0 radical (unpaired) electrons. The van der Waals surface area contributed by atoms with Gasteiger partial charge in [0.25, 0.3) is 0 Å². The zero-order chi connectivity index (χ0) is 16.9. The third-order valence-corrected chi connectivity index (χ3v) is 4.03. The lowest BCUT2D eigenvalue weighted by Crippen LogP contribution is -2.46. The molecule has 1 aliphatic heterocycles. The fraction of sp³-hybridized carbons (Fsp3) is 0.353. The Morgan fingerprint density at radius 1 is 1.29 bits per heavy atom. The van der Waals surface area contributed by atoms with Crippen LogP contribution in [0.5, 0.6) is 6.01 Å². The number of urea groups is 1. The van der Waals surface area contributed by atoms with Crippen LogP contribution in [-0.2, 0) is 0 Å². The summed E-state index contributed by atoms with van der Waals surface area (Å²) in [6, 6.07) is 7.89. The molecule has 1 N–H and O–H groups in total. The Bertz CT molecular complexity index is 691. The molecule has 6 nitrogen and oxygen atoms in total. The smallest absolute Gasteiger partial charge is 0.321 e. The molecular formula is C17H19ClN4O2. The maximum Gasteiger partial charge on any atom is 0.321 e. The summed E-state index contributed by atoms with van der Waals surface area (Å²) in [6.45, 7) is 3.22. The van der Waals surface area contributed by atoms with Crippen LogP contribution in [0, 0.1) is 6.92 Å². The van der Waals surface area contributed by atoms with Gasteiger partial charge in [-0.15, -0.1) is 0 Å². The minimum absolute atomic E-state index is 0.121. The van der Waals surface area contributed by atoms with E-state index in [1.54, 1.807) is 4.90 Å². The molecule has 1 aliphatic rings. The number of carbonyl (C=O) groups excluding carboxylic acids is 1. The number of nitrogens with zero attached hydrogens (tertiary/aromatic N) is 3. The standard InChI is InChI=1S/C17H19ClN4O2/c1-12-4-6-14(7-5-12)21-17(23)22-8-2-3-15(11-22)24-16-19-9-13(18)10-20-16/h4-7,9-10,15H,2-3,8,11H2,1H3,(H,21,23)/t15-/m1/s1. The second kappa shape index (κ2) is 7.49. The van der Waals surface area contributed by atoms with Crippen molar-refractivity contribution in [1.82, 2.24) is 14.9 Å². The van der Waals surface area contributed by atoms with Gasteiger partial charge >= 0.3 is 12.0 Å². The van der Waals surface area contributed by atoms with E-state index in [1.807, 2.05) is 31.2 Å². The summed E-state index contributed by atoms with van der Waals surface area (Å²) in [7, 11) is 0. The molecule has 1 atom stereocenters. The van der Waals surface area contributed by atoms with Crippen LogP contribution in [0.15, 0.2) is 36.7 Å². The number of piperidine rings is 1. The fourth-order valence-corrected chi connectivity index (χ4v) is 2.67. The van der Waals surface area contributed by atoms with Gasteiger partial charge in [0.2, 0.25) is 0 Å². The predicted octanol–water partition coefficient (Wildman–Crippen LogP) is 3.51. The molecule has 1 aromatic carbocycles. The third-order valence-electron chi connectivity index (χ3n) is 3.84. The van der Waals surface area contributed by atoms with Crippen molar-refractivity contribution >= 4 is 23.3 Å². The topological polar surface area (TPSA) is 67.4 Å². The number of nitrogens with one attached hydrogen (secondary N) is 1. The summed E-state index contributed by atoms with van der Waals surface area (Å²) in [5, 5.41) is 3.38. The average Bonchev–Trinajstić information content (AvgIpc) is 2.59. The minimum atomic E-state index is -0.122. The van der Waals surface area contributed by atoms with Gasteiger partial charge in [0.15, 0.2) is 0 Å². The van der Waals surface area contributed by atoms with Crippen molar-refractivity contribution in [2.45, 2.75) is 25.9 Å². The first-order valence-electron chi connectivity index (χ1n) is 7.87. The van der Waals surface area contributed by atoms with Gasteiger partial charge in [-0.3, -0.25) is 0 Å². The molecule has 7 heteroatoms. The number of aromatic nitrogens is 2. The average molecular weight is 347 g/mol. The lowest BCUT2D eigenvalue weighted by molar-refractivity contribution is 0.0983. The zero-order valence-corrected chi connectivity index (χ0v) is 14.2. The second-order valence-electron chi connectivity index (χ2n) is 5.81. The first kappa shape index (κ1) is 16.5. The summed E-state index contributed by atoms with van der Waals surface area (Å²) in [5.41, 5.74) is 1.94. The minimum Gasteiger partial charge on any atom is -0.458 e. The van der Waals surface area contributed by atoms with Crippen LogP contribution in [0.1, 0.15) is 18.4 Å². The SMILES string of the molecule is Cc1ccc(NC(=O)N2CCC[C@@H](Oc3ncc(Cl)cn3)C2)cc1. The Morgan fingerprint density at radius 3 is 2.71 bits per heavy atom. The molecule has 2 aromatic rings. The molecule has 1 aromatic heterocycles. The molecule has 0 aliphatic carbocycles. The van der Waals surface area contributed by atoms with Crippen LogP contribution >= 0.6 is 11.6 Å². The van der Waals surface area contributed by atoms with Gasteiger partial charge in [-0.1, -0.05) is 29.3 Å². The van der Waals surface area contributed by atoms with E-state index < -0.39 is 0 Å². The highest BCUT2D eigenvalue weighted by atomic mass is 35.5. The van der Waals surface area contributed by atoms with Crippen molar-refractivity contribution in [3.63, 3.8) is 0 Å². The van der Waals surface area contributed by atoms with Crippen LogP contribution in [0.4, 0.5) is 10.5 Å². The summed E-state index contributed by atoms with van der Waals surface area (Å²) in [4.78, 5) is 22.2. The molecule has 0 spiro atoms. The summed E-state index contributed by atoms with van der Waals surface area (Å²) < 4.78 is 5.75. The number of halogens is 1. The van der Waals surface area contributed by atoms with Crippen molar-refractivity contribution in [3.05, 3.63) is 47.2 Å². The van der Waals surface area contributed by atoms with E-state index in [4.69, 9.17) is 16.3 Å². The van der Waals surface area contributed by atoms with Crippen molar-refractivity contribution in [1.29, 1.82) is 0 Å². The molecule has 126 valence electrons. The first-order valence-corrected chi connectivity index (χ1v) is 8.25. The fourth-order valence-electron chi connectivity index (χ4n) is 2.57. The van der Waals surface area contributed by atoms with Crippen LogP contribution in [-0.4, -0.2) is 40.1 Å². The number of carbonyl (C=O) groups is 1. The highest BCUT2D eigenvalue weighted by molar-refractivity contribution is 6.30. The summed E-state index contributed by atoms with van der Waals surface area (Å²) >= 11 is 5.76. The van der Waals surface area contributed by atoms with E-state index >= 15 is 0 Å². The third kappa shape index (κ3) is 4.35. The van der Waals surface area contributed by atoms with E-state index in [9.17, 15) is 4.79 Å². The van der Waals surface area contributed by atoms with Gasteiger partial charge < -0.3 is 15.0 Å². The molecular weight excluding hydrogens is 328 g/mol. The molecule has 2 heterocycles. The Balaban J connectivity index is 1.57. The predicted molar refractivity (Wildman–Crippen MR) is 92.5 cm³/mol. The van der Waals surface area contributed by atoms with Gasteiger partial charge in [-0.2, -0.15) is 0 Å². The van der Waals surface area contributed by atoms with Crippen LogP contribution < -0.4 is 10.1 Å². The summed E-state index contributed by atoms with van der Waals surface area (Å²) in [5.74, 6) is 0. The van der Waals surface area contributed by atoms with E-state index in [1.165, 1.54) is 12.4 Å².